The van der Waals surface area contributed by atoms with Crippen molar-refractivity contribution < 1.29 is 22.6 Å². The van der Waals surface area contributed by atoms with Crippen molar-refractivity contribution in [1.29, 1.82) is 0 Å². The summed E-state index contributed by atoms with van der Waals surface area (Å²) in [6.07, 6.45) is 0.926. The van der Waals surface area contributed by atoms with Gasteiger partial charge in [-0.2, -0.15) is 0 Å². The lowest BCUT2D eigenvalue weighted by Gasteiger charge is -2.38. The lowest BCUT2D eigenvalue weighted by atomic mass is 9.82. The molecule has 0 amide bonds. The summed E-state index contributed by atoms with van der Waals surface area (Å²) in [5, 5.41) is 3.39. The summed E-state index contributed by atoms with van der Waals surface area (Å²) in [7, 11) is 1.55. The molecule has 1 saturated heterocycles. The van der Waals surface area contributed by atoms with Gasteiger partial charge in [0.1, 0.15) is 22.9 Å². The van der Waals surface area contributed by atoms with Gasteiger partial charge in [-0.25, -0.2) is 18.2 Å². The van der Waals surface area contributed by atoms with E-state index < -0.39 is 23.0 Å². The second-order valence-electron chi connectivity index (χ2n) is 8.08. The minimum Gasteiger partial charge on any atom is -0.380 e. The topological polar surface area (TPSA) is 59.0 Å². The highest BCUT2D eigenvalue weighted by molar-refractivity contribution is 6.30. The van der Waals surface area contributed by atoms with Crippen LogP contribution in [0.25, 0.3) is 0 Å². The molecule has 0 aliphatic carbocycles. The van der Waals surface area contributed by atoms with Gasteiger partial charge in [0.05, 0.1) is 26.0 Å². The number of nitrogens with zero attached hydrogens (tertiary/aromatic N) is 3. The average molecular weight is 481 g/mol. The molecule has 1 unspecified atom stereocenters. The summed E-state index contributed by atoms with van der Waals surface area (Å²) in [5.74, 6) is -2.07. The Morgan fingerprint density at radius 1 is 1.15 bits per heavy atom. The normalized spacial score (nSPS) is 21.7. The molecule has 10 heteroatoms. The molecule has 33 heavy (non-hydrogen) atoms. The second-order valence-corrected chi connectivity index (χ2v) is 8.51. The monoisotopic (exact) mass is 480 g/mol. The fourth-order valence-electron chi connectivity index (χ4n) is 4.10. The number of hydrogen-bond acceptors (Lipinski definition) is 6. The number of aromatic nitrogens is 1. The summed E-state index contributed by atoms with van der Waals surface area (Å²) in [6, 6.07) is 4.91. The molecule has 1 fully saturated rings. The fourth-order valence-corrected chi connectivity index (χ4v) is 4.32. The summed E-state index contributed by atoms with van der Waals surface area (Å²) in [5.41, 5.74) is 0.648. The van der Waals surface area contributed by atoms with Crippen LogP contribution in [0.3, 0.4) is 0 Å². The van der Waals surface area contributed by atoms with E-state index in [1.807, 2.05) is 0 Å². The highest BCUT2D eigenvalue weighted by atomic mass is 35.5. The third-order valence-electron chi connectivity index (χ3n) is 5.79. The van der Waals surface area contributed by atoms with E-state index in [0.717, 1.165) is 23.5 Å². The standard InChI is InChI=1S/C23H24ClF3N4O2/c1-23(14-7-15(24)9-16(25)8-14)18(13-32-2)20(12-31-3-5-33-6-4-31)29-22(30-23)21-19(27)10-17(26)11-28-21/h7-11H,3-6,12-13H2,1-2H3,(H,29,30). The van der Waals surface area contributed by atoms with Gasteiger partial charge in [0, 0.05) is 49.1 Å². The Hall–Kier alpha value is -2.46. The molecule has 0 spiro atoms. The lowest BCUT2D eigenvalue weighted by Crippen LogP contribution is -2.46. The molecule has 0 radical (unpaired) electrons. The molecule has 6 nitrogen and oxygen atoms in total. The summed E-state index contributed by atoms with van der Waals surface area (Å²) in [4.78, 5) is 10.8. The molecule has 0 bridgehead atoms. The number of nitrogens with one attached hydrogen (secondary N) is 1. The van der Waals surface area contributed by atoms with E-state index in [-0.39, 0.29) is 23.2 Å². The Morgan fingerprint density at radius 3 is 2.58 bits per heavy atom. The van der Waals surface area contributed by atoms with Gasteiger partial charge < -0.3 is 14.8 Å². The number of pyridine rings is 1. The zero-order valence-corrected chi connectivity index (χ0v) is 19.1. The maximum atomic E-state index is 14.7. The number of aliphatic imine (C=N–C) groups is 1. The van der Waals surface area contributed by atoms with E-state index in [2.05, 4.69) is 15.2 Å². The van der Waals surface area contributed by atoms with Crippen molar-refractivity contribution in [1.82, 2.24) is 15.2 Å². The van der Waals surface area contributed by atoms with Crippen LogP contribution < -0.4 is 5.32 Å². The van der Waals surface area contributed by atoms with Crippen molar-refractivity contribution in [2.45, 2.75) is 12.5 Å². The van der Waals surface area contributed by atoms with Crippen LogP contribution in [0, 0.1) is 17.5 Å². The van der Waals surface area contributed by atoms with E-state index in [9.17, 15) is 13.2 Å². The number of morpholine rings is 1. The minimum absolute atomic E-state index is 0.110. The molecular weight excluding hydrogens is 457 g/mol. The Bertz CT molecular complexity index is 1080. The molecule has 1 N–H and O–H groups in total. The molecule has 2 aliphatic heterocycles. The fraction of sp³-hybridized carbons (Fsp3) is 0.391. The smallest absolute Gasteiger partial charge is 0.155 e. The van der Waals surface area contributed by atoms with E-state index in [1.165, 1.54) is 12.1 Å². The van der Waals surface area contributed by atoms with Crippen molar-refractivity contribution in [3.05, 3.63) is 75.5 Å². The third-order valence-corrected chi connectivity index (χ3v) is 6.01. The predicted molar refractivity (Wildman–Crippen MR) is 119 cm³/mol. The van der Waals surface area contributed by atoms with Gasteiger partial charge in [-0.1, -0.05) is 11.6 Å². The van der Waals surface area contributed by atoms with Gasteiger partial charge in [0.15, 0.2) is 11.7 Å². The van der Waals surface area contributed by atoms with Gasteiger partial charge >= 0.3 is 0 Å². The van der Waals surface area contributed by atoms with Crippen molar-refractivity contribution in [3.63, 3.8) is 0 Å². The highest BCUT2D eigenvalue weighted by Crippen LogP contribution is 2.39. The van der Waals surface area contributed by atoms with Crippen molar-refractivity contribution >= 4 is 17.4 Å². The largest absolute Gasteiger partial charge is 0.380 e. The van der Waals surface area contributed by atoms with Crippen LogP contribution in [0.2, 0.25) is 5.02 Å². The van der Waals surface area contributed by atoms with Gasteiger partial charge in [-0.05, 0) is 30.7 Å². The van der Waals surface area contributed by atoms with Gasteiger partial charge in [0.2, 0.25) is 0 Å². The van der Waals surface area contributed by atoms with Crippen molar-refractivity contribution in [3.8, 4) is 0 Å². The Morgan fingerprint density at radius 2 is 1.91 bits per heavy atom. The average Bonchev–Trinajstić information content (AvgIpc) is 2.76. The zero-order valence-electron chi connectivity index (χ0n) is 18.3. The third kappa shape index (κ3) is 5.06. The number of halogens is 4. The molecule has 1 aromatic heterocycles. The summed E-state index contributed by atoms with van der Waals surface area (Å²) >= 11 is 6.16. The molecule has 0 saturated carbocycles. The molecular formula is C23H24ClF3N4O2. The minimum atomic E-state index is -1.15. The van der Waals surface area contributed by atoms with Crippen LogP contribution >= 0.6 is 11.6 Å². The van der Waals surface area contributed by atoms with E-state index >= 15 is 0 Å². The zero-order chi connectivity index (χ0) is 23.6. The summed E-state index contributed by atoms with van der Waals surface area (Å²) < 4.78 is 53.4. The maximum Gasteiger partial charge on any atom is 0.155 e. The van der Waals surface area contributed by atoms with Crippen LogP contribution in [-0.2, 0) is 15.0 Å². The van der Waals surface area contributed by atoms with Gasteiger partial charge in [0.25, 0.3) is 0 Å². The van der Waals surface area contributed by atoms with Crippen LogP contribution in [-0.4, -0.2) is 62.3 Å². The SMILES string of the molecule is COCC1=C(CN2CCOCC2)NC(c2ncc(F)cc2F)=NC1(C)c1cc(F)cc(Cl)c1. The summed E-state index contributed by atoms with van der Waals surface area (Å²) in [6.45, 7) is 5.06. The molecule has 1 atom stereocenters. The second kappa shape index (κ2) is 9.80. The number of hydrogen-bond donors (Lipinski definition) is 1. The number of amidine groups is 1. The Kier molecular flexibility index (Phi) is 7.04. The first kappa shape index (κ1) is 23.7. The molecule has 2 aromatic rings. The van der Waals surface area contributed by atoms with E-state index in [0.29, 0.717) is 38.4 Å². The maximum absolute atomic E-state index is 14.7. The van der Waals surface area contributed by atoms with Crippen LogP contribution in [0.15, 0.2) is 46.7 Å². The number of rotatable bonds is 6. The molecule has 3 heterocycles. The van der Waals surface area contributed by atoms with Gasteiger partial charge in [-0.3, -0.25) is 9.89 Å². The number of ether oxygens (including phenoxy) is 2. The predicted octanol–water partition coefficient (Wildman–Crippen LogP) is 3.65. The number of methoxy groups -OCH3 is 1. The van der Waals surface area contributed by atoms with Crippen LogP contribution in [0.1, 0.15) is 18.2 Å². The Labute approximate surface area is 195 Å². The van der Waals surface area contributed by atoms with Crippen LogP contribution in [0.4, 0.5) is 13.2 Å². The highest BCUT2D eigenvalue weighted by Gasteiger charge is 2.39. The molecule has 2 aliphatic rings. The first-order valence-electron chi connectivity index (χ1n) is 10.5. The molecule has 176 valence electrons. The molecule has 1 aromatic carbocycles. The molecule has 4 rings (SSSR count). The van der Waals surface area contributed by atoms with E-state index in [1.54, 1.807) is 20.1 Å². The Balaban J connectivity index is 1.87. The first-order chi connectivity index (χ1) is 15.8. The van der Waals surface area contributed by atoms with Crippen molar-refractivity contribution in [2.24, 2.45) is 4.99 Å². The quantitative estimate of drug-likeness (QED) is 0.684. The first-order valence-corrected chi connectivity index (χ1v) is 10.8. The van der Waals surface area contributed by atoms with Crippen molar-refractivity contribution in [2.75, 3.05) is 46.6 Å². The lowest BCUT2D eigenvalue weighted by molar-refractivity contribution is 0.0414. The van der Waals surface area contributed by atoms with Gasteiger partial charge in [-0.15, -0.1) is 0 Å². The van der Waals surface area contributed by atoms with E-state index in [4.69, 9.17) is 26.1 Å². The number of benzene rings is 1. The van der Waals surface area contributed by atoms with Crippen LogP contribution in [0.5, 0.6) is 0 Å².